The summed E-state index contributed by atoms with van der Waals surface area (Å²) in [7, 11) is 1.63. The lowest BCUT2D eigenvalue weighted by Gasteiger charge is -2.20. The average Bonchev–Trinajstić information content (AvgIpc) is 3.03. The summed E-state index contributed by atoms with van der Waals surface area (Å²) in [6, 6.07) is 7.97. The Bertz CT molecular complexity index is 758. The molecule has 0 spiro atoms. The van der Waals surface area contributed by atoms with Gasteiger partial charge in [0.05, 0.1) is 12.2 Å². The zero-order valence-corrected chi connectivity index (χ0v) is 15.9. The molecule has 0 aliphatic heterocycles. The third kappa shape index (κ3) is 6.23. The molecule has 1 heterocycles. The van der Waals surface area contributed by atoms with Gasteiger partial charge in [0.25, 0.3) is 0 Å². The lowest BCUT2D eigenvalue weighted by molar-refractivity contribution is -0.153. The summed E-state index contributed by atoms with van der Waals surface area (Å²) in [6.07, 6.45) is 1.60. The van der Waals surface area contributed by atoms with E-state index in [1.807, 2.05) is 52.0 Å². The molecular formula is C19H26N4O3. The van der Waals surface area contributed by atoms with Crippen LogP contribution in [0.1, 0.15) is 32.0 Å². The van der Waals surface area contributed by atoms with Crippen LogP contribution < -0.4 is 10.6 Å². The van der Waals surface area contributed by atoms with Crippen molar-refractivity contribution in [3.63, 3.8) is 0 Å². The summed E-state index contributed by atoms with van der Waals surface area (Å²) in [4.78, 5) is 20.3. The quantitative estimate of drug-likeness (QED) is 0.485. The Morgan fingerprint density at radius 3 is 2.54 bits per heavy atom. The molecule has 0 saturated carbocycles. The second-order valence-electron chi connectivity index (χ2n) is 6.88. The van der Waals surface area contributed by atoms with Gasteiger partial charge in [-0.25, -0.2) is 4.98 Å². The van der Waals surface area contributed by atoms with E-state index in [-0.39, 0.29) is 12.5 Å². The van der Waals surface area contributed by atoms with E-state index in [9.17, 15) is 4.79 Å². The number of carbonyl (C=O) groups is 1. The summed E-state index contributed by atoms with van der Waals surface area (Å²) in [5.74, 6) is 0.706. The first-order valence-electron chi connectivity index (χ1n) is 8.44. The van der Waals surface area contributed by atoms with Crippen LogP contribution in [0.15, 0.2) is 39.9 Å². The predicted octanol–water partition coefficient (Wildman–Crippen LogP) is 2.66. The van der Waals surface area contributed by atoms with Gasteiger partial charge in [-0.2, -0.15) is 0 Å². The van der Waals surface area contributed by atoms with Crippen molar-refractivity contribution in [1.82, 2.24) is 15.6 Å². The van der Waals surface area contributed by atoms with Gasteiger partial charge in [-0.05, 0) is 39.8 Å². The van der Waals surface area contributed by atoms with Crippen LogP contribution in [0.4, 0.5) is 0 Å². The molecule has 0 atom stereocenters. The number of hydrogen-bond donors (Lipinski definition) is 2. The van der Waals surface area contributed by atoms with Gasteiger partial charge in [0.1, 0.15) is 18.4 Å². The number of aryl methyl sites for hydroxylation is 1. The maximum atomic E-state index is 11.7. The minimum atomic E-state index is -0.511. The number of aliphatic imine (C=N–C) groups is 1. The van der Waals surface area contributed by atoms with E-state index in [0.29, 0.717) is 18.4 Å². The van der Waals surface area contributed by atoms with E-state index in [1.165, 1.54) is 5.56 Å². The third-order valence-electron chi connectivity index (χ3n) is 3.33. The number of rotatable bonds is 5. The molecule has 26 heavy (non-hydrogen) atoms. The summed E-state index contributed by atoms with van der Waals surface area (Å²) in [5.41, 5.74) is 2.33. The molecule has 0 amide bonds. The Morgan fingerprint density at radius 1 is 1.23 bits per heavy atom. The fourth-order valence-corrected chi connectivity index (χ4v) is 2.15. The van der Waals surface area contributed by atoms with Gasteiger partial charge in [-0.1, -0.05) is 17.7 Å². The molecule has 2 rings (SSSR count). The molecular weight excluding hydrogens is 332 g/mol. The van der Waals surface area contributed by atoms with Crippen molar-refractivity contribution in [2.75, 3.05) is 13.6 Å². The highest BCUT2D eigenvalue weighted by atomic mass is 16.6. The molecule has 0 unspecified atom stereocenters. The zero-order valence-electron chi connectivity index (χ0n) is 15.9. The van der Waals surface area contributed by atoms with E-state index < -0.39 is 5.60 Å². The van der Waals surface area contributed by atoms with Gasteiger partial charge in [-0.3, -0.25) is 9.79 Å². The van der Waals surface area contributed by atoms with Crippen LogP contribution in [0, 0.1) is 6.92 Å². The maximum Gasteiger partial charge on any atom is 0.325 e. The van der Waals surface area contributed by atoms with E-state index in [2.05, 4.69) is 20.6 Å². The normalized spacial score (nSPS) is 12.0. The van der Waals surface area contributed by atoms with Crippen LogP contribution in [0.25, 0.3) is 11.5 Å². The van der Waals surface area contributed by atoms with Gasteiger partial charge in [0.15, 0.2) is 5.96 Å². The lowest BCUT2D eigenvalue weighted by Crippen LogP contribution is -2.41. The van der Waals surface area contributed by atoms with Gasteiger partial charge in [-0.15, -0.1) is 0 Å². The van der Waals surface area contributed by atoms with E-state index in [0.717, 1.165) is 11.3 Å². The predicted molar refractivity (Wildman–Crippen MR) is 101 cm³/mol. The Hall–Kier alpha value is -2.83. The standard InChI is InChI=1S/C19H26N4O3/c1-13-6-8-14(9-7-13)17-23-15(12-25-17)10-21-18(20-5)22-11-16(24)26-19(2,3)4/h6-9,12H,10-11H2,1-5H3,(H2,20,21,22). The summed E-state index contributed by atoms with van der Waals surface area (Å²) in [6.45, 7) is 7.97. The molecule has 140 valence electrons. The zero-order chi connectivity index (χ0) is 19.2. The number of aromatic nitrogens is 1. The van der Waals surface area contributed by atoms with Crippen LogP contribution >= 0.6 is 0 Å². The number of nitrogens with zero attached hydrogens (tertiary/aromatic N) is 2. The lowest BCUT2D eigenvalue weighted by atomic mass is 10.1. The number of benzene rings is 1. The van der Waals surface area contributed by atoms with Crippen molar-refractivity contribution < 1.29 is 13.9 Å². The van der Waals surface area contributed by atoms with Gasteiger partial charge in [0.2, 0.25) is 5.89 Å². The molecule has 2 N–H and O–H groups in total. The van der Waals surface area contributed by atoms with Gasteiger partial charge >= 0.3 is 5.97 Å². The summed E-state index contributed by atoms with van der Waals surface area (Å²) < 4.78 is 10.8. The van der Waals surface area contributed by atoms with Crippen molar-refractivity contribution in [2.45, 2.75) is 39.8 Å². The van der Waals surface area contributed by atoms with Crippen LogP contribution in [-0.4, -0.2) is 36.1 Å². The van der Waals surface area contributed by atoms with Crippen LogP contribution in [0.3, 0.4) is 0 Å². The number of nitrogens with one attached hydrogen (secondary N) is 2. The maximum absolute atomic E-state index is 11.7. The monoisotopic (exact) mass is 358 g/mol. The Labute approximate surface area is 153 Å². The highest BCUT2D eigenvalue weighted by Crippen LogP contribution is 2.18. The van der Waals surface area contributed by atoms with E-state index in [4.69, 9.17) is 9.15 Å². The highest BCUT2D eigenvalue weighted by Gasteiger charge is 2.16. The fourth-order valence-electron chi connectivity index (χ4n) is 2.15. The number of oxazole rings is 1. The first kappa shape index (κ1) is 19.5. The van der Waals surface area contributed by atoms with Crippen molar-refractivity contribution in [3.05, 3.63) is 41.8 Å². The average molecular weight is 358 g/mol. The number of ether oxygens (including phenoxy) is 1. The van der Waals surface area contributed by atoms with Crippen LogP contribution in [0.5, 0.6) is 0 Å². The van der Waals surface area contributed by atoms with E-state index >= 15 is 0 Å². The third-order valence-corrected chi connectivity index (χ3v) is 3.33. The molecule has 7 nitrogen and oxygen atoms in total. The molecule has 0 radical (unpaired) electrons. The van der Waals surface area contributed by atoms with Gasteiger partial charge < -0.3 is 19.8 Å². The minimum absolute atomic E-state index is 0.0321. The Morgan fingerprint density at radius 2 is 1.92 bits per heavy atom. The second kappa shape index (κ2) is 8.51. The number of carbonyl (C=O) groups excluding carboxylic acids is 1. The molecule has 0 fully saturated rings. The van der Waals surface area contributed by atoms with E-state index in [1.54, 1.807) is 13.3 Å². The molecule has 0 bridgehead atoms. The first-order valence-corrected chi connectivity index (χ1v) is 8.44. The van der Waals surface area contributed by atoms with Crippen molar-refractivity contribution in [2.24, 2.45) is 4.99 Å². The molecule has 0 saturated heterocycles. The van der Waals surface area contributed by atoms with Crippen molar-refractivity contribution in [1.29, 1.82) is 0 Å². The molecule has 7 heteroatoms. The largest absolute Gasteiger partial charge is 0.459 e. The van der Waals surface area contributed by atoms with Gasteiger partial charge in [0, 0.05) is 12.6 Å². The fraction of sp³-hybridized carbons (Fsp3) is 0.421. The Kier molecular flexibility index (Phi) is 6.38. The van der Waals surface area contributed by atoms with Crippen LogP contribution in [0.2, 0.25) is 0 Å². The molecule has 0 aliphatic carbocycles. The van der Waals surface area contributed by atoms with Crippen LogP contribution in [-0.2, 0) is 16.1 Å². The van der Waals surface area contributed by atoms with Crippen molar-refractivity contribution >= 4 is 11.9 Å². The minimum Gasteiger partial charge on any atom is -0.459 e. The van der Waals surface area contributed by atoms with Crippen molar-refractivity contribution in [3.8, 4) is 11.5 Å². The highest BCUT2D eigenvalue weighted by molar-refractivity contribution is 5.84. The molecule has 2 aromatic rings. The second-order valence-corrected chi connectivity index (χ2v) is 6.88. The smallest absolute Gasteiger partial charge is 0.325 e. The summed E-state index contributed by atoms with van der Waals surface area (Å²) in [5, 5.41) is 6.00. The number of hydrogen-bond acceptors (Lipinski definition) is 5. The number of esters is 1. The SMILES string of the molecule is CN=C(NCC(=O)OC(C)(C)C)NCc1coc(-c2ccc(C)cc2)n1. The molecule has 1 aromatic carbocycles. The molecule has 1 aromatic heterocycles. The Balaban J connectivity index is 1.85. The topological polar surface area (TPSA) is 88.8 Å². The molecule has 0 aliphatic rings. The number of guanidine groups is 1. The summed E-state index contributed by atoms with van der Waals surface area (Å²) >= 11 is 0. The first-order chi connectivity index (χ1) is 12.3.